The van der Waals surface area contributed by atoms with Gasteiger partial charge in [0.1, 0.15) is 6.04 Å². The van der Waals surface area contributed by atoms with Gasteiger partial charge in [0.05, 0.1) is 23.3 Å². The van der Waals surface area contributed by atoms with Gasteiger partial charge in [0.15, 0.2) is 5.84 Å². The fourth-order valence-electron chi connectivity index (χ4n) is 3.64. The van der Waals surface area contributed by atoms with Gasteiger partial charge in [0.25, 0.3) is 11.8 Å². The van der Waals surface area contributed by atoms with E-state index in [1.807, 2.05) is 6.92 Å². The average molecular weight is 554 g/mol. The first-order chi connectivity index (χ1) is 19.1. The number of amides is 3. The van der Waals surface area contributed by atoms with Gasteiger partial charge in [-0.15, -0.1) is 0 Å². The topological polar surface area (TPSA) is 195 Å². The molecular formula is C27H35N7O6. The summed E-state index contributed by atoms with van der Waals surface area (Å²) in [5.74, 6) is -1.38. The first-order valence-electron chi connectivity index (χ1n) is 12.9. The van der Waals surface area contributed by atoms with Crippen LogP contribution in [-0.4, -0.2) is 71.4 Å². The summed E-state index contributed by atoms with van der Waals surface area (Å²) in [5.41, 5.74) is 13.8. The molecule has 13 nitrogen and oxygen atoms in total. The van der Waals surface area contributed by atoms with E-state index >= 15 is 0 Å². The molecule has 0 spiro atoms. The number of hydrogen-bond donors (Lipinski definition) is 4. The number of rotatable bonds is 10. The molecule has 0 saturated heterocycles. The Morgan fingerprint density at radius 2 is 1.95 bits per heavy atom. The number of ether oxygens (including phenoxy) is 2. The van der Waals surface area contributed by atoms with E-state index < -0.39 is 30.8 Å². The van der Waals surface area contributed by atoms with Crippen molar-refractivity contribution in [2.24, 2.45) is 21.5 Å². The molecule has 1 fully saturated rings. The number of aliphatic imine (C=N–C) groups is 2. The van der Waals surface area contributed by atoms with Crippen LogP contribution in [0.1, 0.15) is 70.6 Å². The lowest BCUT2D eigenvalue weighted by atomic mass is 10.1. The number of aryl methyl sites for hydroxylation is 1. The Hall–Kier alpha value is -4.52. The van der Waals surface area contributed by atoms with Gasteiger partial charge in [0, 0.05) is 24.3 Å². The van der Waals surface area contributed by atoms with Gasteiger partial charge in [0.2, 0.25) is 6.79 Å². The molecule has 1 aromatic carbocycles. The summed E-state index contributed by atoms with van der Waals surface area (Å²) in [5, 5.41) is 2.95. The third-order valence-corrected chi connectivity index (χ3v) is 6.07. The molecule has 40 heavy (non-hydrogen) atoms. The van der Waals surface area contributed by atoms with Gasteiger partial charge in [-0.2, -0.15) is 0 Å². The number of H-pyrrole nitrogens is 1. The van der Waals surface area contributed by atoms with Crippen LogP contribution in [0.15, 0.2) is 34.4 Å². The van der Waals surface area contributed by atoms with Gasteiger partial charge in [-0.25, -0.2) is 19.7 Å². The SMILES string of the molecule is CCCN(C(=O)OCOC(=O)C(C)N)C(=O)c1c[nH]c(C(N=CN)=Nc2cc(C(=O)NC3CC3)ccc2C)c1C. The Labute approximate surface area is 232 Å². The third-order valence-electron chi connectivity index (χ3n) is 6.07. The number of benzene rings is 1. The minimum absolute atomic E-state index is 0.0651. The molecule has 214 valence electrons. The van der Waals surface area contributed by atoms with E-state index in [0.29, 0.717) is 28.9 Å². The number of esters is 1. The molecule has 3 rings (SSSR count). The smallest absolute Gasteiger partial charge is 0.419 e. The van der Waals surface area contributed by atoms with Crippen LogP contribution in [0.4, 0.5) is 10.5 Å². The average Bonchev–Trinajstić information content (AvgIpc) is 3.65. The molecule has 3 amide bonds. The van der Waals surface area contributed by atoms with E-state index in [4.69, 9.17) is 20.9 Å². The summed E-state index contributed by atoms with van der Waals surface area (Å²) in [6, 6.07) is 4.52. The summed E-state index contributed by atoms with van der Waals surface area (Å²) in [6.07, 6.45) is 3.94. The third kappa shape index (κ3) is 7.53. The van der Waals surface area contributed by atoms with Gasteiger partial charge < -0.3 is 31.2 Å². The van der Waals surface area contributed by atoms with E-state index in [9.17, 15) is 19.2 Å². The number of nitrogens with two attached hydrogens (primary N) is 2. The van der Waals surface area contributed by atoms with Crippen molar-refractivity contribution in [1.29, 1.82) is 0 Å². The van der Waals surface area contributed by atoms with E-state index in [2.05, 4.69) is 20.3 Å². The Kier molecular flexibility index (Phi) is 10.1. The lowest BCUT2D eigenvalue weighted by Gasteiger charge is -2.19. The van der Waals surface area contributed by atoms with Crippen LogP contribution in [0.3, 0.4) is 0 Å². The number of carbonyl (C=O) groups excluding carboxylic acids is 4. The maximum atomic E-state index is 13.4. The second-order valence-electron chi connectivity index (χ2n) is 9.40. The normalized spacial score (nSPS) is 14.1. The molecular weight excluding hydrogens is 518 g/mol. The van der Waals surface area contributed by atoms with Crippen molar-refractivity contribution in [2.45, 2.75) is 59.0 Å². The number of aromatic nitrogens is 1. The Balaban J connectivity index is 1.86. The number of nitrogens with zero attached hydrogens (tertiary/aromatic N) is 3. The number of nitrogens with one attached hydrogen (secondary N) is 2. The number of aromatic amines is 1. The molecule has 0 radical (unpaired) electrons. The van der Waals surface area contributed by atoms with Crippen LogP contribution < -0.4 is 16.8 Å². The molecule has 0 bridgehead atoms. The zero-order valence-electron chi connectivity index (χ0n) is 23.0. The lowest BCUT2D eigenvalue weighted by Crippen LogP contribution is -2.39. The molecule has 1 unspecified atom stereocenters. The molecule has 1 saturated carbocycles. The van der Waals surface area contributed by atoms with Crippen molar-refractivity contribution in [2.75, 3.05) is 13.3 Å². The number of carbonyl (C=O) groups is 4. The highest BCUT2D eigenvalue weighted by Gasteiger charge is 2.28. The lowest BCUT2D eigenvalue weighted by molar-refractivity contribution is -0.153. The highest BCUT2D eigenvalue weighted by molar-refractivity contribution is 6.09. The van der Waals surface area contributed by atoms with Crippen molar-refractivity contribution in [3.8, 4) is 0 Å². The molecule has 13 heteroatoms. The van der Waals surface area contributed by atoms with Crippen LogP contribution >= 0.6 is 0 Å². The first-order valence-corrected chi connectivity index (χ1v) is 12.9. The fourth-order valence-corrected chi connectivity index (χ4v) is 3.64. The zero-order valence-corrected chi connectivity index (χ0v) is 23.0. The predicted molar refractivity (Wildman–Crippen MR) is 148 cm³/mol. The molecule has 2 aromatic rings. The molecule has 6 N–H and O–H groups in total. The standard InChI is InChI=1S/C27H35N7O6/c1-5-10-34(27(38)40-14-39-26(37)17(4)29)25(36)20-12-30-22(16(20)3)23(31-13-28)33-21-11-18(7-6-15(21)2)24(35)32-19-8-9-19/h6-7,11-13,17,19,30H,5,8-10,14,29H2,1-4H3,(H,32,35)(H2,28,31,33). The van der Waals surface area contributed by atoms with Crippen molar-refractivity contribution in [1.82, 2.24) is 15.2 Å². The Morgan fingerprint density at radius 1 is 1.23 bits per heavy atom. The van der Waals surface area contributed by atoms with E-state index in [1.54, 1.807) is 32.0 Å². The van der Waals surface area contributed by atoms with Crippen LogP contribution in [0.25, 0.3) is 0 Å². The summed E-state index contributed by atoms with van der Waals surface area (Å²) >= 11 is 0. The molecule has 1 aliphatic carbocycles. The van der Waals surface area contributed by atoms with E-state index in [-0.39, 0.29) is 29.9 Å². The van der Waals surface area contributed by atoms with Crippen LogP contribution in [0.2, 0.25) is 0 Å². The van der Waals surface area contributed by atoms with E-state index in [0.717, 1.165) is 29.6 Å². The van der Waals surface area contributed by atoms with Gasteiger partial charge in [-0.1, -0.05) is 13.0 Å². The Morgan fingerprint density at radius 3 is 2.58 bits per heavy atom. The van der Waals surface area contributed by atoms with Crippen molar-refractivity contribution in [3.63, 3.8) is 0 Å². The summed E-state index contributed by atoms with van der Waals surface area (Å²) in [6.45, 7) is 6.13. The van der Waals surface area contributed by atoms with E-state index in [1.165, 1.54) is 13.1 Å². The minimum Gasteiger partial charge on any atom is -0.427 e. The second-order valence-corrected chi connectivity index (χ2v) is 9.40. The highest BCUT2D eigenvalue weighted by Crippen LogP contribution is 2.25. The van der Waals surface area contributed by atoms with Crippen LogP contribution in [0, 0.1) is 13.8 Å². The fraction of sp³-hybridized carbons (Fsp3) is 0.407. The first kappa shape index (κ1) is 30.0. The molecule has 1 aliphatic rings. The Bertz CT molecular complexity index is 1330. The minimum atomic E-state index is -0.975. The van der Waals surface area contributed by atoms with Crippen LogP contribution in [0.5, 0.6) is 0 Å². The summed E-state index contributed by atoms with van der Waals surface area (Å²) in [7, 11) is 0. The maximum Gasteiger partial charge on any atom is 0.419 e. The summed E-state index contributed by atoms with van der Waals surface area (Å²) < 4.78 is 9.73. The molecule has 1 atom stereocenters. The molecule has 1 aromatic heterocycles. The zero-order chi connectivity index (χ0) is 29.4. The number of imide groups is 1. The molecule has 1 heterocycles. The largest absolute Gasteiger partial charge is 0.427 e. The monoisotopic (exact) mass is 553 g/mol. The van der Waals surface area contributed by atoms with Crippen molar-refractivity contribution >= 4 is 41.7 Å². The van der Waals surface area contributed by atoms with Gasteiger partial charge >= 0.3 is 12.1 Å². The van der Waals surface area contributed by atoms with Crippen molar-refractivity contribution in [3.05, 3.63) is 52.3 Å². The predicted octanol–water partition coefficient (Wildman–Crippen LogP) is 2.43. The molecule has 0 aliphatic heterocycles. The number of amidine groups is 1. The van der Waals surface area contributed by atoms with Crippen LogP contribution in [-0.2, 0) is 14.3 Å². The van der Waals surface area contributed by atoms with Crippen molar-refractivity contribution < 1.29 is 28.7 Å². The summed E-state index contributed by atoms with van der Waals surface area (Å²) in [4.78, 5) is 62.8. The number of hydrogen-bond acceptors (Lipinski definition) is 8. The quantitative estimate of drug-likeness (QED) is 0.149. The highest BCUT2D eigenvalue weighted by atomic mass is 16.7. The van der Waals surface area contributed by atoms with Gasteiger partial charge in [-0.3, -0.25) is 14.4 Å². The maximum absolute atomic E-state index is 13.4. The second kappa shape index (κ2) is 13.5. The van der Waals surface area contributed by atoms with Gasteiger partial charge in [-0.05, 0) is 63.3 Å².